The summed E-state index contributed by atoms with van der Waals surface area (Å²) in [7, 11) is 1.60. The summed E-state index contributed by atoms with van der Waals surface area (Å²) >= 11 is 0. The number of hydrogen-bond acceptors (Lipinski definition) is 6. The summed E-state index contributed by atoms with van der Waals surface area (Å²) in [5.41, 5.74) is 7.66. The van der Waals surface area contributed by atoms with Crippen LogP contribution in [0.15, 0.2) is 45.7 Å². The number of nitrogens with two attached hydrogens (primary N) is 1. The molecule has 0 spiro atoms. The van der Waals surface area contributed by atoms with Gasteiger partial charge in [-0.2, -0.15) is 5.10 Å². The Morgan fingerprint density at radius 3 is 2.85 bits per heavy atom. The molecule has 0 atom stereocenters. The van der Waals surface area contributed by atoms with Gasteiger partial charge in [-0.25, -0.2) is 14.3 Å². The largest absolute Gasteiger partial charge is 0.419 e. The standard InChI is InChI=1S/C17H14N6O4/c1-22-11-6-9(2-3-13(11)27-17(22)26)8-19-16(25)10-7-12(15(18)24)23-14(21-10)4-5-20-23/h2-7H,8H2,1H3,(H2,18,24)(H,19,25). The van der Waals surface area contributed by atoms with Gasteiger partial charge in [0.2, 0.25) is 0 Å². The molecule has 4 aromatic rings. The third-order valence-corrected chi connectivity index (χ3v) is 4.15. The monoisotopic (exact) mass is 366 g/mol. The van der Waals surface area contributed by atoms with Crippen molar-refractivity contribution in [2.75, 3.05) is 0 Å². The summed E-state index contributed by atoms with van der Waals surface area (Å²) in [6.07, 6.45) is 1.46. The highest BCUT2D eigenvalue weighted by atomic mass is 16.4. The van der Waals surface area contributed by atoms with Crippen molar-refractivity contribution in [3.8, 4) is 0 Å². The van der Waals surface area contributed by atoms with Crippen molar-refractivity contribution in [2.45, 2.75) is 6.54 Å². The molecule has 3 N–H and O–H groups in total. The molecule has 4 rings (SSSR count). The van der Waals surface area contributed by atoms with Crippen molar-refractivity contribution < 1.29 is 14.0 Å². The van der Waals surface area contributed by atoms with Crippen LogP contribution >= 0.6 is 0 Å². The Labute approximate surface area is 151 Å². The van der Waals surface area contributed by atoms with Crippen LogP contribution in [0.1, 0.15) is 26.5 Å². The van der Waals surface area contributed by atoms with E-state index in [0.29, 0.717) is 16.7 Å². The minimum atomic E-state index is -0.716. The van der Waals surface area contributed by atoms with E-state index >= 15 is 0 Å². The van der Waals surface area contributed by atoms with Crippen LogP contribution in [0.4, 0.5) is 0 Å². The lowest BCUT2D eigenvalue weighted by atomic mass is 10.2. The van der Waals surface area contributed by atoms with Crippen molar-refractivity contribution in [3.05, 3.63) is 64.0 Å². The molecule has 3 aromatic heterocycles. The Kier molecular flexibility index (Phi) is 3.73. The van der Waals surface area contributed by atoms with Crippen molar-refractivity contribution >= 4 is 28.6 Å². The molecule has 10 heteroatoms. The second-order valence-electron chi connectivity index (χ2n) is 5.90. The average Bonchev–Trinajstić information content (AvgIpc) is 3.23. The van der Waals surface area contributed by atoms with E-state index in [9.17, 15) is 14.4 Å². The fourth-order valence-electron chi connectivity index (χ4n) is 2.76. The predicted octanol–water partition coefficient (Wildman–Crippen LogP) is 0.203. The first-order chi connectivity index (χ1) is 12.9. The summed E-state index contributed by atoms with van der Waals surface area (Å²) in [4.78, 5) is 39.8. The first-order valence-corrected chi connectivity index (χ1v) is 7.95. The second-order valence-corrected chi connectivity index (χ2v) is 5.90. The van der Waals surface area contributed by atoms with Gasteiger partial charge in [0.05, 0.1) is 11.7 Å². The third-order valence-electron chi connectivity index (χ3n) is 4.15. The maximum absolute atomic E-state index is 12.5. The number of primary amides is 1. The molecule has 10 nitrogen and oxygen atoms in total. The SMILES string of the molecule is Cn1c(=O)oc2ccc(CNC(=O)c3cc(C(N)=O)n4nccc4n3)cc21. The molecule has 1 aromatic carbocycles. The number of nitrogens with one attached hydrogen (secondary N) is 1. The van der Waals surface area contributed by atoms with Crippen molar-refractivity contribution in [2.24, 2.45) is 12.8 Å². The van der Waals surface area contributed by atoms with Crippen LogP contribution in [0.3, 0.4) is 0 Å². The fourth-order valence-corrected chi connectivity index (χ4v) is 2.76. The number of carbonyl (C=O) groups is 2. The number of fused-ring (bicyclic) bond motifs is 2. The third kappa shape index (κ3) is 2.82. The van der Waals surface area contributed by atoms with Gasteiger partial charge in [0, 0.05) is 25.7 Å². The van der Waals surface area contributed by atoms with Crippen LogP contribution < -0.4 is 16.8 Å². The normalized spacial score (nSPS) is 11.1. The smallest absolute Gasteiger partial charge is 0.408 e. The molecule has 0 aliphatic heterocycles. The molecule has 0 saturated carbocycles. The van der Waals surface area contributed by atoms with E-state index in [-0.39, 0.29) is 17.9 Å². The van der Waals surface area contributed by atoms with Crippen molar-refractivity contribution in [1.82, 2.24) is 24.5 Å². The summed E-state index contributed by atoms with van der Waals surface area (Å²) in [6, 6.07) is 8.02. The highest BCUT2D eigenvalue weighted by Crippen LogP contribution is 2.14. The number of amides is 2. The van der Waals surface area contributed by atoms with Gasteiger partial charge in [-0.3, -0.25) is 14.2 Å². The summed E-state index contributed by atoms with van der Waals surface area (Å²) < 4.78 is 7.73. The molecule has 0 unspecified atom stereocenters. The molecule has 3 heterocycles. The summed E-state index contributed by atoms with van der Waals surface area (Å²) in [6.45, 7) is 0.201. The first kappa shape index (κ1) is 16.5. The van der Waals surface area contributed by atoms with Gasteiger partial charge < -0.3 is 15.5 Å². The zero-order valence-electron chi connectivity index (χ0n) is 14.2. The van der Waals surface area contributed by atoms with Gasteiger partial charge in [-0.05, 0) is 17.7 Å². The van der Waals surface area contributed by atoms with Crippen LogP contribution in [0, 0.1) is 0 Å². The number of carbonyl (C=O) groups excluding carboxylic acids is 2. The maximum Gasteiger partial charge on any atom is 0.419 e. The lowest BCUT2D eigenvalue weighted by molar-refractivity contribution is 0.0946. The average molecular weight is 366 g/mol. The highest BCUT2D eigenvalue weighted by molar-refractivity contribution is 5.97. The van der Waals surface area contributed by atoms with Crippen LogP contribution in [0.25, 0.3) is 16.7 Å². The van der Waals surface area contributed by atoms with E-state index in [1.807, 2.05) is 0 Å². The van der Waals surface area contributed by atoms with E-state index in [1.165, 1.54) is 21.3 Å². The van der Waals surface area contributed by atoms with Gasteiger partial charge in [0.25, 0.3) is 11.8 Å². The van der Waals surface area contributed by atoms with Crippen molar-refractivity contribution in [3.63, 3.8) is 0 Å². The molecule has 0 bridgehead atoms. The van der Waals surface area contributed by atoms with Gasteiger partial charge in [-0.1, -0.05) is 6.07 Å². The van der Waals surface area contributed by atoms with Gasteiger partial charge in [-0.15, -0.1) is 0 Å². The number of aryl methyl sites for hydroxylation is 1. The second kappa shape index (κ2) is 6.09. The fraction of sp³-hybridized carbons (Fsp3) is 0.118. The first-order valence-electron chi connectivity index (χ1n) is 7.95. The predicted molar refractivity (Wildman–Crippen MR) is 94.1 cm³/mol. The maximum atomic E-state index is 12.5. The molecule has 0 aliphatic carbocycles. The quantitative estimate of drug-likeness (QED) is 0.529. The Morgan fingerprint density at radius 1 is 1.26 bits per heavy atom. The molecule has 136 valence electrons. The zero-order valence-corrected chi connectivity index (χ0v) is 14.2. The Hall–Kier alpha value is -3.95. The van der Waals surface area contributed by atoms with Gasteiger partial charge >= 0.3 is 5.76 Å². The number of aromatic nitrogens is 4. The van der Waals surface area contributed by atoms with E-state index in [0.717, 1.165) is 5.56 Å². The lowest BCUT2D eigenvalue weighted by Gasteiger charge is -2.07. The molecule has 0 radical (unpaired) electrons. The van der Waals surface area contributed by atoms with E-state index in [1.54, 1.807) is 31.3 Å². The van der Waals surface area contributed by atoms with Crippen LogP contribution in [0.2, 0.25) is 0 Å². The molecule has 2 amide bonds. The van der Waals surface area contributed by atoms with Gasteiger partial charge in [0.15, 0.2) is 11.2 Å². The molecule has 27 heavy (non-hydrogen) atoms. The van der Waals surface area contributed by atoms with E-state index < -0.39 is 17.6 Å². The molecule has 0 fully saturated rings. The minimum absolute atomic E-state index is 0.0496. The van der Waals surface area contributed by atoms with Crippen LogP contribution in [0.5, 0.6) is 0 Å². The number of oxazole rings is 1. The number of benzene rings is 1. The Morgan fingerprint density at radius 2 is 2.07 bits per heavy atom. The van der Waals surface area contributed by atoms with Crippen LogP contribution in [-0.4, -0.2) is 31.0 Å². The topological polar surface area (TPSA) is 138 Å². The zero-order chi connectivity index (χ0) is 19.1. The molecule has 0 saturated heterocycles. The minimum Gasteiger partial charge on any atom is -0.408 e. The number of hydrogen-bond donors (Lipinski definition) is 2. The molecular formula is C17H14N6O4. The highest BCUT2D eigenvalue weighted by Gasteiger charge is 2.16. The lowest BCUT2D eigenvalue weighted by Crippen LogP contribution is -2.26. The summed E-state index contributed by atoms with van der Waals surface area (Å²) in [5, 5.41) is 6.69. The van der Waals surface area contributed by atoms with Gasteiger partial charge in [0.1, 0.15) is 11.4 Å². The summed E-state index contributed by atoms with van der Waals surface area (Å²) in [5.74, 6) is -1.64. The number of rotatable bonds is 4. The van der Waals surface area contributed by atoms with E-state index in [2.05, 4.69) is 15.4 Å². The van der Waals surface area contributed by atoms with Crippen molar-refractivity contribution in [1.29, 1.82) is 0 Å². The Bertz CT molecular complexity index is 1270. The molecular weight excluding hydrogens is 352 g/mol. The van der Waals surface area contributed by atoms with Crippen LogP contribution in [-0.2, 0) is 13.6 Å². The Balaban J connectivity index is 1.59. The number of nitrogens with zero attached hydrogens (tertiary/aromatic N) is 4. The van der Waals surface area contributed by atoms with E-state index in [4.69, 9.17) is 10.2 Å². The molecule has 0 aliphatic rings.